The molecule has 13 nitrogen and oxygen atoms in total. The molecule has 86 heavy (non-hydrogen) atoms. The summed E-state index contributed by atoms with van der Waals surface area (Å²) in [7, 11) is 0. The van der Waals surface area contributed by atoms with Crippen molar-refractivity contribution in [1.82, 2.24) is 53.2 Å². The van der Waals surface area contributed by atoms with E-state index in [2.05, 4.69) is 65.3 Å². The predicted octanol–water partition coefficient (Wildman–Crippen LogP) is 9.86. The van der Waals surface area contributed by atoms with E-state index in [0.29, 0.717) is 36.6 Å². The van der Waals surface area contributed by atoms with E-state index in [1.807, 2.05) is 0 Å². The van der Waals surface area contributed by atoms with Gasteiger partial charge in [-0.2, -0.15) is 0 Å². The molecule has 22 unspecified atom stereocenters. The van der Waals surface area contributed by atoms with Gasteiger partial charge in [-0.05, 0) is 261 Å². The highest BCUT2D eigenvalue weighted by molar-refractivity contribution is 5.14. The Labute approximate surface area is 522 Å². The van der Waals surface area contributed by atoms with E-state index in [1.165, 1.54) is 270 Å². The summed E-state index contributed by atoms with van der Waals surface area (Å²) in [6.07, 6.45) is 65.6. The fourth-order valence-electron chi connectivity index (χ4n) is 21.6. The average Bonchev–Trinajstić information content (AvgIpc) is 1.89. The van der Waals surface area contributed by atoms with Gasteiger partial charge < -0.3 is 67.4 Å². The molecule has 27 aliphatic rings. The second-order valence-electron chi connectivity index (χ2n) is 33.0. The number of nitrogens with one attached hydrogen (secondary N) is 10. The minimum absolute atomic E-state index is 0.591. The van der Waals surface area contributed by atoms with Gasteiger partial charge in [-0.3, -0.25) is 0 Å². The van der Waals surface area contributed by atoms with Gasteiger partial charge in [0.05, 0.1) is 12.2 Å². The molecular formula is C73H126N10O3. The Bertz CT molecular complexity index is 1850. The number of fused-ring (bicyclic) bond motifs is 31. The van der Waals surface area contributed by atoms with Crippen LogP contribution in [0.25, 0.3) is 0 Å². The zero-order valence-electron chi connectivity index (χ0n) is 54.0. The second-order valence-corrected chi connectivity index (χ2v) is 33.0. The third-order valence-electron chi connectivity index (χ3n) is 26.9. The van der Waals surface area contributed by atoms with Crippen LogP contribution >= 0.6 is 0 Å². The standard InChI is InChI=1S/C9H17N.C8H13N.C8H15N.3C7H11NO.2C7H13N.C7H11N.C6H11N/c1-3-8-4-2-6-9(5-1)10-7-8;1-2-7-5-4-6(5)8(3-1)9-7;1-2-7-4-5-8(3-1)9-6-7;1-4-2-7-6(8-4)3-5(1)9-7;2*1-2-4-6-7(9-6)5(3-1)8-4;1-3-7-4-2-6(1)5-8-7;2*1-2-6-4-5-7(3-1)8-6;1-2-6-4-3-5(1)7-6/h8-10H,1-7H2;5-9H,1-4H2;7-9H,1-6H2;3*4-8H,1-3H2;2*6-8H,1-5H2;4-8H,1-3H2;5-7H,1-4H2. The molecule has 13 heteroatoms. The smallest absolute Gasteiger partial charge is 0.101 e. The van der Waals surface area contributed by atoms with Gasteiger partial charge in [0.2, 0.25) is 0 Å². The minimum atomic E-state index is 0.591. The molecule has 0 aromatic rings. The molecule has 23 saturated heterocycles. The molecule has 26 fully saturated rings. The fraction of sp³-hybridized carbons (Fsp3) is 0.973. The first-order valence-corrected chi connectivity index (χ1v) is 38.6. The first-order valence-electron chi connectivity index (χ1n) is 38.6. The van der Waals surface area contributed by atoms with Crippen LogP contribution in [0.2, 0.25) is 0 Å². The third-order valence-corrected chi connectivity index (χ3v) is 26.9. The largest absolute Gasteiger partial charge is 0.373 e. The quantitative estimate of drug-likeness (QED) is 0.0828. The van der Waals surface area contributed by atoms with Crippen molar-refractivity contribution in [1.29, 1.82) is 0 Å². The number of rotatable bonds is 0. The first-order chi connectivity index (χ1) is 42.5. The van der Waals surface area contributed by atoms with Crippen LogP contribution in [0.15, 0.2) is 12.2 Å². The SMILES string of the molecule is C1=CC2CCCC1N2.C1C2CC3OC1CC3N2.C1CC2CCC(C1)N2.C1CC2CCC(C1)NC2.C1CC2CCC1CN2.C1CC2CCC1N2.C1CC2CCCC(C1)NC2.C1CC2NC(C1)C1CC21.C1CC2NC(C1)C1OC21.C1CC2NC(C1)C1OC21. The fourth-order valence-corrected chi connectivity index (χ4v) is 21.6. The van der Waals surface area contributed by atoms with Crippen molar-refractivity contribution < 1.29 is 14.2 Å². The van der Waals surface area contributed by atoms with Gasteiger partial charge in [0.15, 0.2) is 0 Å². The summed E-state index contributed by atoms with van der Waals surface area (Å²) in [5.74, 6) is 5.34. The van der Waals surface area contributed by atoms with Crippen LogP contribution in [0.3, 0.4) is 0 Å². The zero-order chi connectivity index (χ0) is 57.2. The van der Waals surface area contributed by atoms with E-state index in [0.717, 1.165) is 132 Å². The van der Waals surface area contributed by atoms with Crippen LogP contribution < -0.4 is 53.2 Å². The van der Waals surface area contributed by atoms with E-state index in [1.54, 1.807) is 6.42 Å². The van der Waals surface area contributed by atoms with Gasteiger partial charge in [0.25, 0.3) is 0 Å². The summed E-state index contributed by atoms with van der Waals surface area (Å²) < 4.78 is 16.6. The van der Waals surface area contributed by atoms with Crippen molar-refractivity contribution in [3.63, 3.8) is 0 Å². The molecule has 10 N–H and O–H groups in total. The van der Waals surface area contributed by atoms with Gasteiger partial charge >= 0.3 is 0 Å². The van der Waals surface area contributed by atoms with Crippen molar-refractivity contribution >= 4 is 0 Å². The lowest BCUT2D eigenvalue weighted by Crippen LogP contribution is -2.44. The summed E-state index contributed by atoms with van der Waals surface area (Å²) in [5.41, 5.74) is 0. The van der Waals surface area contributed by atoms with Crippen molar-refractivity contribution in [2.24, 2.45) is 29.6 Å². The van der Waals surface area contributed by atoms with Crippen LogP contribution in [0, 0.1) is 29.6 Å². The van der Waals surface area contributed by atoms with Gasteiger partial charge in [-0.25, -0.2) is 0 Å². The summed E-state index contributed by atoms with van der Waals surface area (Å²) in [6.45, 7) is 3.93. The molecule has 0 aromatic heterocycles. The normalized spacial score (nSPS) is 51.2. The number of hydrogen-bond donors (Lipinski definition) is 10. The Balaban J connectivity index is 0.0000000808. The minimum Gasteiger partial charge on any atom is -0.373 e. The summed E-state index contributed by atoms with van der Waals surface area (Å²) in [4.78, 5) is 0. The molecule has 22 atom stereocenters. The molecule has 22 bridgehead atoms. The summed E-state index contributed by atoms with van der Waals surface area (Å²) >= 11 is 0. The van der Waals surface area contributed by atoms with Gasteiger partial charge in [0, 0.05) is 103 Å². The highest BCUT2D eigenvalue weighted by Gasteiger charge is 2.58. The average molecular weight is 1190 g/mol. The zero-order valence-corrected chi connectivity index (χ0v) is 54.0. The van der Waals surface area contributed by atoms with Gasteiger partial charge in [-0.15, -0.1) is 0 Å². The molecule has 3 saturated carbocycles. The van der Waals surface area contributed by atoms with Crippen LogP contribution in [0.4, 0.5) is 0 Å². The van der Waals surface area contributed by atoms with Crippen LogP contribution in [0.1, 0.15) is 257 Å². The van der Waals surface area contributed by atoms with Crippen LogP contribution in [-0.4, -0.2) is 159 Å². The van der Waals surface area contributed by atoms with E-state index < -0.39 is 0 Å². The number of epoxide rings is 2. The molecule has 27 rings (SSSR count). The maximum absolute atomic E-state index is 5.69. The van der Waals surface area contributed by atoms with Crippen molar-refractivity contribution in [3.8, 4) is 0 Å². The van der Waals surface area contributed by atoms with Gasteiger partial charge in [-0.1, -0.05) is 57.1 Å². The number of ether oxygens (including phenoxy) is 3. The van der Waals surface area contributed by atoms with Gasteiger partial charge in [0.1, 0.15) is 24.4 Å². The van der Waals surface area contributed by atoms with Crippen molar-refractivity contribution in [2.75, 3.05) is 19.6 Å². The highest BCUT2D eigenvalue weighted by Crippen LogP contribution is 2.53. The highest BCUT2D eigenvalue weighted by atomic mass is 16.6. The van der Waals surface area contributed by atoms with Crippen molar-refractivity contribution in [2.45, 2.75) is 396 Å². The molecule has 486 valence electrons. The van der Waals surface area contributed by atoms with E-state index in [-0.39, 0.29) is 0 Å². The second kappa shape index (κ2) is 29.2. The van der Waals surface area contributed by atoms with E-state index in [4.69, 9.17) is 14.2 Å². The lowest BCUT2D eigenvalue weighted by Gasteiger charge is -2.36. The topological polar surface area (TPSA) is 155 Å². The Morgan fingerprint density at radius 3 is 1.00 bits per heavy atom. The van der Waals surface area contributed by atoms with Crippen LogP contribution in [-0.2, 0) is 14.2 Å². The molecule has 0 radical (unpaired) electrons. The molecule has 0 amide bonds. The lowest BCUT2D eigenvalue weighted by atomic mass is 9.82. The van der Waals surface area contributed by atoms with E-state index in [9.17, 15) is 0 Å². The number of hydrogen-bond acceptors (Lipinski definition) is 13. The predicted molar refractivity (Wildman–Crippen MR) is 348 cm³/mol. The summed E-state index contributed by atoms with van der Waals surface area (Å²) in [6, 6.07) is 14.2. The first kappa shape index (κ1) is 61.4. The Hall–Kier alpha value is -0.780. The molecule has 24 aliphatic heterocycles. The third kappa shape index (κ3) is 16.1. The Morgan fingerprint density at radius 1 is 0.244 bits per heavy atom. The maximum atomic E-state index is 5.69. The Morgan fingerprint density at radius 2 is 0.616 bits per heavy atom. The van der Waals surface area contributed by atoms with E-state index >= 15 is 0 Å². The summed E-state index contributed by atoms with van der Waals surface area (Å²) in [5, 5.41) is 35.7. The molecule has 0 spiro atoms. The lowest BCUT2D eigenvalue weighted by molar-refractivity contribution is 0.0113. The Kier molecular flexibility index (Phi) is 20.9. The maximum Gasteiger partial charge on any atom is 0.101 e. The monoisotopic (exact) mass is 1190 g/mol. The number of piperidine rings is 10. The molecule has 0 aromatic carbocycles. The van der Waals surface area contributed by atoms with Crippen LogP contribution in [0.5, 0.6) is 0 Å². The molecule has 24 heterocycles. The molecular weight excluding hydrogens is 1060 g/mol. The molecule has 3 aliphatic carbocycles. The van der Waals surface area contributed by atoms with Crippen molar-refractivity contribution in [3.05, 3.63) is 12.2 Å². The number of morpholine rings is 2.